The van der Waals surface area contributed by atoms with E-state index in [1.165, 1.54) is 0 Å². The molecule has 0 fully saturated rings. The number of carbonyl (C=O) groups excluding carboxylic acids is 2. The third-order valence-corrected chi connectivity index (χ3v) is 6.82. The standard InChI is InChI=1S/C31H42N2O9/c1-38-16-17-40-20-21-41-19-18-39-15-13-29(34)32-14-7-6-12-28(30(35)36)33-31(37)42-22-27-25-10-4-2-8-23(25)24-9-3-5-11-26(24)27/h2-5,8-11,27-28H,6-7,12-22H2,1H3,(H,32,34)(H,33,37)(H,35,36)/t28-/m0/s1. The third-order valence-electron chi connectivity index (χ3n) is 6.82. The van der Waals surface area contributed by atoms with Gasteiger partial charge in [0.1, 0.15) is 12.6 Å². The second-order valence-corrected chi connectivity index (χ2v) is 9.79. The quantitative estimate of drug-likeness (QED) is 0.188. The lowest BCUT2D eigenvalue weighted by Crippen LogP contribution is -2.41. The van der Waals surface area contributed by atoms with Crippen LogP contribution in [0.1, 0.15) is 42.7 Å². The average Bonchev–Trinajstić information content (AvgIpc) is 3.31. The maximum atomic E-state index is 12.5. The Bertz CT molecular complexity index is 1080. The Balaban J connectivity index is 1.24. The predicted octanol–water partition coefficient (Wildman–Crippen LogP) is 3.35. The van der Waals surface area contributed by atoms with Crippen LogP contribution in [0.3, 0.4) is 0 Å². The number of nitrogens with one attached hydrogen (secondary N) is 2. The van der Waals surface area contributed by atoms with E-state index >= 15 is 0 Å². The number of hydrogen-bond acceptors (Lipinski definition) is 8. The molecule has 0 aromatic heterocycles. The minimum absolute atomic E-state index is 0.106. The molecule has 11 heteroatoms. The number of fused-ring (bicyclic) bond motifs is 3. The highest BCUT2D eigenvalue weighted by Crippen LogP contribution is 2.44. The number of hydrogen-bond donors (Lipinski definition) is 3. The molecule has 3 N–H and O–H groups in total. The van der Waals surface area contributed by atoms with Crippen LogP contribution in [0.4, 0.5) is 4.79 Å². The first-order valence-corrected chi connectivity index (χ1v) is 14.3. The lowest BCUT2D eigenvalue weighted by molar-refractivity contribution is -0.139. The van der Waals surface area contributed by atoms with Gasteiger partial charge in [-0.25, -0.2) is 9.59 Å². The molecule has 42 heavy (non-hydrogen) atoms. The van der Waals surface area contributed by atoms with E-state index in [0.29, 0.717) is 59.0 Å². The fourth-order valence-electron chi connectivity index (χ4n) is 4.68. The van der Waals surface area contributed by atoms with Crippen LogP contribution in [0.25, 0.3) is 11.1 Å². The minimum atomic E-state index is -1.13. The van der Waals surface area contributed by atoms with Crippen LogP contribution < -0.4 is 10.6 Å². The topological polar surface area (TPSA) is 142 Å². The number of unbranched alkanes of at least 4 members (excludes halogenated alkanes) is 1. The molecule has 1 atom stereocenters. The number of aliphatic carboxylic acids is 1. The fraction of sp³-hybridized carbons (Fsp3) is 0.516. The summed E-state index contributed by atoms with van der Waals surface area (Å²) in [5.74, 6) is -1.38. The zero-order valence-electron chi connectivity index (χ0n) is 24.2. The highest BCUT2D eigenvalue weighted by Gasteiger charge is 2.29. The van der Waals surface area contributed by atoms with E-state index in [2.05, 4.69) is 10.6 Å². The molecular weight excluding hydrogens is 544 g/mol. The molecule has 2 aromatic rings. The van der Waals surface area contributed by atoms with Gasteiger partial charge in [0.2, 0.25) is 5.91 Å². The molecule has 0 heterocycles. The van der Waals surface area contributed by atoms with Crippen molar-refractivity contribution in [2.45, 2.75) is 37.6 Å². The number of alkyl carbamates (subject to hydrolysis) is 1. The maximum Gasteiger partial charge on any atom is 0.407 e. The van der Waals surface area contributed by atoms with Gasteiger partial charge in [-0.05, 0) is 41.5 Å². The molecule has 1 aliphatic rings. The summed E-state index contributed by atoms with van der Waals surface area (Å²) in [4.78, 5) is 36.2. The Morgan fingerprint density at radius 2 is 1.38 bits per heavy atom. The number of carbonyl (C=O) groups is 3. The van der Waals surface area contributed by atoms with Gasteiger partial charge in [-0.3, -0.25) is 4.79 Å². The summed E-state index contributed by atoms with van der Waals surface area (Å²) in [6.07, 6.45) is 0.753. The van der Waals surface area contributed by atoms with Gasteiger partial charge in [0, 0.05) is 26.0 Å². The first-order valence-electron chi connectivity index (χ1n) is 14.3. The molecule has 0 bridgehead atoms. The molecular formula is C31H42N2O9. The summed E-state index contributed by atoms with van der Waals surface area (Å²) < 4.78 is 26.4. The molecule has 11 nitrogen and oxygen atoms in total. The van der Waals surface area contributed by atoms with E-state index in [1.807, 2.05) is 48.5 Å². The van der Waals surface area contributed by atoms with Gasteiger partial charge in [-0.2, -0.15) is 0 Å². The Labute approximate surface area is 246 Å². The first kappa shape index (κ1) is 33.0. The zero-order chi connectivity index (χ0) is 30.0. The van der Waals surface area contributed by atoms with Gasteiger partial charge >= 0.3 is 12.1 Å². The molecule has 0 radical (unpaired) electrons. The monoisotopic (exact) mass is 586 g/mol. The van der Waals surface area contributed by atoms with Crippen molar-refractivity contribution < 1.29 is 43.2 Å². The van der Waals surface area contributed by atoms with Crippen LogP contribution in [0.15, 0.2) is 48.5 Å². The number of carboxylic acid groups (broad SMARTS) is 1. The van der Waals surface area contributed by atoms with Crippen LogP contribution in [0.2, 0.25) is 0 Å². The molecule has 2 amide bonds. The molecule has 0 saturated heterocycles. The third kappa shape index (κ3) is 11.1. The number of ether oxygens (including phenoxy) is 5. The van der Waals surface area contributed by atoms with Gasteiger partial charge in [0.05, 0.1) is 46.2 Å². The van der Waals surface area contributed by atoms with E-state index in [9.17, 15) is 19.5 Å². The van der Waals surface area contributed by atoms with Crippen molar-refractivity contribution in [3.05, 3.63) is 59.7 Å². The average molecular weight is 587 g/mol. The summed E-state index contributed by atoms with van der Waals surface area (Å²) in [7, 11) is 1.62. The molecule has 0 saturated carbocycles. The van der Waals surface area contributed by atoms with Crippen molar-refractivity contribution in [1.82, 2.24) is 10.6 Å². The predicted molar refractivity (Wildman–Crippen MR) is 155 cm³/mol. The Kier molecular flexibility index (Phi) is 14.8. The largest absolute Gasteiger partial charge is 0.480 e. The van der Waals surface area contributed by atoms with E-state index in [1.54, 1.807) is 7.11 Å². The van der Waals surface area contributed by atoms with Crippen LogP contribution in [0.5, 0.6) is 0 Å². The van der Waals surface area contributed by atoms with Crippen LogP contribution in [0, 0.1) is 0 Å². The number of benzene rings is 2. The van der Waals surface area contributed by atoms with Crippen molar-refractivity contribution in [3.8, 4) is 11.1 Å². The highest BCUT2D eigenvalue weighted by molar-refractivity contribution is 5.81. The van der Waals surface area contributed by atoms with Gasteiger partial charge in [-0.15, -0.1) is 0 Å². The van der Waals surface area contributed by atoms with Gasteiger partial charge in [-0.1, -0.05) is 48.5 Å². The first-order chi connectivity index (χ1) is 20.5. The minimum Gasteiger partial charge on any atom is -0.480 e. The lowest BCUT2D eigenvalue weighted by Gasteiger charge is -2.17. The van der Waals surface area contributed by atoms with Crippen molar-refractivity contribution in [1.29, 1.82) is 0 Å². The SMILES string of the molecule is COCCOCCOCCOCCC(=O)NCCCC[C@H](NC(=O)OCC1c2ccccc2-c2ccccc21)C(=O)O. The Hall–Kier alpha value is -3.51. The van der Waals surface area contributed by atoms with Crippen LogP contribution in [-0.2, 0) is 33.3 Å². The van der Waals surface area contributed by atoms with Gasteiger partial charge in [0.15, 0.2) is 0 Å². The Morgan fingerprint density at radius 1 is 0.810 bits per heavy atom. The second kappa shape index (κ2) is 18.8. The molecule has 3 rings (SSSR count). The van der Waals surface area contributed by atoms with Crippen molar-refractivity contribution in [3.63, 3.8) is 0 Å². The summed E-state index contributed by atoms with van der Waals surface area (Å²) >= 11 is 0. The number of rotatable bonds is 21. The molecule has 230 valence electrons. The van der Waals surface area contributed by atoms with Gasteiger partial charge in [0.25, 0.3) is 0 Å². The summed E-state index contributed by atoms with van der Waals surface area (Å²) in [6, 6.07) is 14.9. The molecule has 2 aromatic carbocycles. The number of carboxylic acids is 1. The summed E-state index contributed by atoms with van der Waals surface area (Å²) in [5.41, 5.74) is 4.40. The molecule has 0 unspecified atom stereocenters. The van der Waals surface area contributed by atoms with E-state index in [4.69, 9.17) is 23.7 Å². The van der Waals surface area contributed by atoms with Crippen LogP contribution in [-0.4, -0.2) is 95.6 Å². The van der Waals surface area contributed by atoms with Crippen molar-refractivity contribution in [2.75, 3.05) is 66.5 Å². The molecule has 1 aliphatic carbocycles. The highest BCUT2D eigenvalue weighted by atomic mass is 16.6. The maximum absolute atomic E-state index is 12.5. The van der Waals surface area contributed by atoms with Crippen LogP contribution >= 0.6 is 0 Å². The van der Waals surface area contributed by atoms with Crippen molar-refractivity contribution >= 4 is 18.0 Å². The summed E-state index contributed by atoms with van der Waals surface area (Å²) in [5, 5.41) is 14.8. The van der Waals surface area contributed by atoms with Gasteiger partial charge < -0.3 is 39.4 Å². The number of amides is 2. The fourth-order valence-corrected chi connectivity index (χ4v) is 4.68. The normalized spacial score (nSPS) is 12.8. The number of methoxy groups -OCH3 is 1. The summed E-state index contributed by atoms with van der Waals surface area (Å²) in [6.45, 7) is 3.65. The van der Waals surface area contributed by atoms with E-state index in [0.717, 1.165) is 22.3 Å². The zero-order valence-corrected chi connectivity index (χ0v) is 24.2. The molecule has 0 spiro atoms. The molecule has 0 aliphatic heterocycles. The second-order valence-electron chi connectivity index (χ2n) is 9.79. The van der Waals surface area contributed by atoms with Crippen molar-refractivity contribution in [2.24, 2.45) is 0 Å². The lowest BCUT2D eigenvalue weighted by atomic mass is 9.98. The Morgan fingerprint density at radius 3 is 1.98 bits per heavy atom. The van der Waals surface area contributed by atoms with E-state index < -0.39 is 18.1 Å². The smallest absolute Gasteiger partial charge is 0.407 e. The van der Waals surface area contributed by atoms with E-state index in [-0.39, 0.29) is 37.9 Å².